The van der Waals surface area contributed by atoms with Crippen LogP contribution >= 0.6 is 0 Å². The van der Waals surface area contributed by atoms with Crippen LogP contribution in [0.5, 0.6) is 0 Å². The number of hydrogen-bond acceptors (Lipinski definition) is 3. The Morgan fingerprint density at radius 3 is 3.07 bits per heavy atom. The van der Waals surface area contributed by atoms with Gasteiger partial charge in [-0.05, 0) is 24.9 Å². The first-order valence-electron chi connectivity index (χ1n) is 5.09. The van der Waals surface area contributed by atoms with Crippen LogP contribution in [0.15, 0.2) is 12.3 Å². The molecule has 2 rings (SSSR count). The zero-order chi connectivity index (χ0) is 9.97. The van der Waals surface area contributed by atoms with Gasteiger partial charge < -0.3 is 5.11 Å². The van der Waals surface area contributed by atoms with Crippen molar-refractivity contribution in [2.24, 2.45) is 13.0 Å². The standard InChI is InChI=1S/C10H17N3O/c1-12-4-3-10(11-12)7-13-5-2-9(6-13)8-14/h3-4,9,14H,2,5-8H2,1H3. The van der Waals surface area contributed by atoms with Gasteiger partial charge in [0.1, 0.15) is 0 Å². The van der Waals surface area contributed by atoms with Crippen LogP contribution in [0.3, 0.4) is 0 Å². The second-order valence-corrected chi connectivity index (χ2v) is 4.05. The Morgan fingerprint density at radius 2 is 2.50 bits per heavy atom. The topological polar surface area (TPSA) is 41.3 Å². The minimum Gasteiger partial charge on any atom is -0.396 e. The number of likely N-dealkylation sites (tertiary alicyclic amines) is 1. The van der Waals surface area contributed by atoms with E-state index in [1.807, 2.05) is 24.0 Å². The Labute approximate surface area is 84.1 Å². The zero-order valence-corrected chi connectivity index (χ0v) is 8.56. The molecule has 78 valence electrons. The van der Waals surface area contributed by atoms with Gasteiger partial charge in [-0.1, -0.05) is 0 Å². The summed E-state index contributed by atoms with van der Waals surface area (Å²) in [6, 6.07) is 2.05. The Kier molecular flexibility index (Phi) is 2.84. The summed E-state index contributed by atoms with van der Waals surface area (Å²) in [6.45, 7) is 3.32. The average molecular weight is 195 g/mol. The lowest BCUT2D eigenvalue weighted by Crippen LogP contribution is -2.21. The number of aryl methyl sites for hydroxylation is 1. The van der Waals surface area contributed by atoms with Gasteiger partial charge in [0.2, 0.25) is 0 Å². The molecule has 0 bridgehead atoms. The van der Waals surface area contributed by atoms with Gasteiger partial charge >= 0.3 is 0 Å². The molecule has 0 aliphatic carbocycles. The summed E-state index contributed by atoms with van der Waals surface area (Å²) in [5, 5.41) is 13.3. The minimum absolute atomic E-state index is 0.318. The highest BCUT2D eigenvalue weighted by Gasteiger charge is 2.21. The van der Waals surface area contributed by atoms with Crippen LogP contribution in [0.4, 0.5) is 0 Å². The fourth-order valence-electron chi connectivity index (χ4n) is 1.98. The van der Waals surface area contributed by atoms with Crippen molar-refractivity contribution in [2.75, 3.05) is 19.7 Å². The quantitative estimate of drug-likeness (QED) is 0.751. The summed E-state index contributed by atoms with van der Waals surface area (Å²) < 4.78 is 1.83. The van der Waals surface area contributed by atoms with Gasteiger partial charge in [0.05, 0.1) is 5.69 Å². The second kappa shape index (κ2) is 4.11. The first-order valence-corrected chi connectivity index (χ1v) is 5.09. The van der Waals surface area contributed by atoms with Crippen molar-refractivity contribution in [3.05, 3.63) is 18.0 Å². The van der Waals surface area contributed by atoms with Gasteiger partial charge in [-0.25, -0.2) is 0 Å². The van der Waals surface area contributed by atoms with Crippen LogP contribution in [0, 0.1) is 5.92 Å². The van der Waals surface area contributed by atoms with Crippen LogP contribution in [0.2, 0.25) is 0 Å². The van der Waals surface area contributed by atoms with Crippen LogP contribution < -0.4 is 0 Å². The predicted molar refractivity (Wildman–Crippen MR) is 53.7 cm³/mol. The summed E-state index contributed by atoms with van der Waals surface area (Å²) in [5.41, 5.74) is 1.12. The van der Waals surface area contributed by atoms with Gasteiger partial charge in [0, 0.05) is 32.9 Å². The number of hydrogen-bond donors (Lipinski definition) is 1. The molecule has 0 aromatic carbocycles. The van der Waals surface area contributed by atoms with E-state index in [-0.39, 0.29) is 0 Å². The average Bonchev–Trinajstić information content (AvgIpc) is 2.76. The van der Waals surface area contributed by atoms with E-state index in [4.69, 9.17) is 5.11 Å². The number of aliphatic hydroxyl groups excluding tert-OH is 1. The highest BCUT2D eigenvalue weighted by molar-refractivity contribution is 4.99. The SMILES string of the molecule is Cn1ccc(CN2CCC(CO)C2)n1. The van der Waals surface area contributed by atoms with Crippen molar-refractivity contribution in [1.82, 2.24) is 14.7 Å². The minimum atomic E-state index is 0.318. The Bertz CT molecular complexity index is 297. The summed E-state index contributed by atoms with van der Waals surface area (Å²) in [5.74, 6) is 0.471. The van der Waals surface area contributed by atoms with E-state index >= 15 is 0 Å². The summed E-state index contributed by atoms with van der Waals surface area (Å²) in [4.78, 5) is 2.35. The van der Waals surface area contributed by atoms with E-state index in [0.29, 0.717) is 12.5 Å². The highest BCUT2D eigenvalue weighted by Crippen LogP contribution is 2.17. The van der Waals surface area contributed by atoms with Crippen LogP contribution in [-0.4, -0.2) is 39.5 Å². The number of rotatable bonds is 3. The van der Waals surface area contributed by atoms with Crippen molar-refractivity contribution in [2.45, 2.75) is 13.0 Å². The Hall–Kier alpha value is -0.870. The molecule has 14 heavy (non-hydrogen) atoms. The van der Waals surface area contributed by atoms with Crippen molar-refractivity contribution in [3.63, 3.8) is 0 Å². The zero-order valence-electron chi connectivity index (χ0n) is 8.56. The molecule has 1 N–H and O–H groups in total. The van der Waals surface area contributed by atoms with E-state index in [0.717, 1.165) is 31.7 Å². The lowest BCUT2D eigenvalue weighted by Gasteiger charge is -2.13. The van der Waals surface area contributed by atoms with Gasteiger partial charge in [-0.15, -0.1) is 0 Å². The number of aromatic nitrogens is 2. The monoisotopic (exact) mass is 195 g/mol. The third kappa shape index (κ3) is 2.13. The van der Waals surface area contributed by atoms with Gasteiger partial charge in [-0.3, -0.25) is 9.58 Å². The van der Waals surface area contributed by atoms with E-state index < -0.39 is 0 Å². The molecule has 2 heterocycles. The predicted octanol–water partition coefficient (Wildman–Crippen LogP) is 0.234. The first kappa shape index (κ1) is 9.68. The maximum atomic E-state index is 9.01. The molecule has 4 heteroatoms. The third-order valence-electron chi connectivity index (χ3n) is 2.78. The first-order chi connectivity index (χ1) is 6.78. The van der Waals surface area contributed by atoms with E-state index in [1.54, 1.807) is 0 Å². The fraction of sp³-hybridized carbons (Fsp3) is 0.700. The van der Waals surface area contributed by atoms with E-state index in [2.05, 4.69) is 10.00 Å². The van der Waals surface area contributed by atoms with Crippen LogP contribution in [0.25, 0.3) is 0 Å². The fourth-order valence-corrected chi connectivity index (χ4v) is 1.98. The molecular formula is C10H17N3O. The van der Waals surface area contributed by atoms with Crippen molar-refractivity contribution >= 4 is 0 Å². The summed E-state index contributed by atoms with van der Waals surface area (Å²) in [6.07, 6.45) is 3.08. The Balaban J connectivity index is 1.87. The van der Waals surface area contributed by atoms with Crippen LogP contribution in [0.1, 0.15) is 12.1 Å². The normalized spacial score (nSPS) is 23.1. The third-order valence-corrected chi connectivity index (χ3v) is 2.78. The van der Waals surface area contributed by atoms with Crippen molar-refractivity contribution < 1.29 is 5.11 Å². The largest absolute Gasteiger partial charge is 0.396 e. The molecule has 1 aliphatic heterocycles. The van der Waals surface area contributed by atoms with E-state index in [9.17, 15) is 0 Å². The molecule has 0 radical (unpaired) electrons. The Morgan fingerprint density at radius 1 is 1.64 bits per heavy atom. The molecule has 1 fully saturated rings. The maximum Gasteiger partial charge on any atom is 0.0764 e. The second-order valence-electron chi connectivity index (χ2n) is 4.05. The number of aliphatic hydroxyl groups is 1. The van der Waals surface area contributed by atoms with Gasteiger partial charge in [-0.2, -0.15) is 5.10 Å². The molecule has 0 amide bonds. The van der Waals surface area contributed by atoms with Gasteiger partial charge in [0.15, 0.2) is 0 Å². The van der Waals surface area contributed by atoms with Crippen molar-refractivity contribution in [3.8, 4) is 0 Å². The van der Waals surface area contributed by atoms with Crippen LogP contribution in [-0.2, 0) is 13.6 Å². The maximum absolute atomic E-state index is 9.01. The molecule has 1 unspecified atom stereocenters. The molecule has 4 nitrogen and oxygen atoms in total. The lowest BCUT2D eigenvalue weighted by atomic mass is 10.1. The van der Waals surface area contributed by atoms with E-state index in [1.165, 1.54) is 0 Å². The molecule has 0 spiro atoms. The molecule has 1 aliphatic rings. The molecule has 1 aromatic heterocycles. The number of nitrogens with zero attached hydrogens (tertiary/aromatic N) is 3. The molecule has 1 aromatic rings. The molecule has 1 atom stereocenters. The summed E-state index contributed by atoms with van der Waals surface area (Å²) >= 11 is 0. The van der Waals surface area contributed by atoms with Crippen molar-refractivity contribution in [1.29, 1.82) is 0 Å². The molecular weight excluding hydrogens is 178 g/mol. The highest BCUT2D eigenvalue weighted by atomic mass is 16.3. The smallest absolute Gasteiger partial charge is 0.0764 e. The molecule has 0 saturated carbocycles. The summed E-state index contributed by atoms with van der Waals surface area (Å²) in [7, 11) is 1.93. The van der Waals surface area contributed by atoms with Gasteiger partial charge in [0.25, 0.3) is 0 Å². The molecule has 1 saturated heterocycles. The lowest BCUT2D eigenvalue weighted by molar-refractivity contribution is 0.219.